The first kappa shape index (κ1) is 14.9. The fourth-order valence-corrected chi connectivity index (χ4v) is 1.52. The molecule has 0 aliphatic rings. The monoisotopic (exact) mass is 268 g/mol. The van der Waals surface area contributed by atoms with Gasteiger partial charge >= 0.3 is 12.0 Å². The Balaban J connectivity index is 2.31. The van der Waals surface area contributed by atoms with Crippen LogP contribution < -0.4 is 10.6 Å². The van der Waals surface area contributed by atoms with Crippen LogP contribution in [0, 0.1) is 5.82 Å². The molecule has 1 rings (SSSR count). The Labute approximate surface area is 110 Å². The first-order valence-corrected chi connectivity index (χ1v) is 6.00. The SMILES string of the molecule is CC(NC(=O)NCCCC(=O)O)c1ccc(F)cc1. The van der Waals surface area contributed by atoms with Gasteiger partial charge in [-0.05, 0) is 31.0 Å². The van der Waals surface area contributed by atoms with E-state index in [0.717, 1.165) is 5.56 Å². The highest BCUT2D eigenvalue weighted by Crippen LogP contribution is 2.12. The number of aliphatic carboxylic acids is 1. The van der Waals surface area contributed by atoms with E-state index in [1.165, 1.54) is 12.1 Å². The van der Waals surface area contributed by atoms with Crippen molar-refractivity contribution in [3.63, 3.8) is 0 Å². The van der Waals surface area contributed by atoms with Gasteiger partial charge < -0.3 is 15.7 Å². The lowest BCUT2D eigenvalue weighted by Gasteiger charge is -2.14. The van der Waals surface area contributed by atoms with Crippen LogP contribution in [-0.4, -0.2) is 23.7 Å². The quantitative estimate of drug-likeness (QED) is 0.691. The van der Waals surface area contributed by atoms with Crippen LogP contribution in [0.3, 0.4) is 0 Å². The van der Waals surface area contributed by atoms with E-state index in [4.69, 9.17) is 5.11 Å². The number of benzene rings is 1. The van der Waals surface area contributed by atoms with Gasteiger partial charge in [-0.25, -0.2) is 9.18 Å². The predicted molar refractivity (Wildman–Crippen MR) is 68.2 cm³/mol. The number of carbonyl (C=O) groups is 2. The Bertz CT molecular complexity index is 434. The summed E-state index contributed by atoms with van der Waals surface area (Å²) in [6, 6.07) is 5.24. The average Bonchev–Trinajstić information content (AvgIpc) is 2.35. The molecule has 5 nitrogen and oxygen atoms in total. The highest BCUT2D eigenvalue weighted by Gasteiger charge is 2.09. The Morgan fingerprint density at radius 3 is 2.53 bits per heavy atom. The van der Waals surface area contributed by atoms with Crippen molar-refractivity contribution in [3.8, 4) is 0 Å². The van der Waals surface area contributed by atoms with Crippen LogP contribution in [0.5, 0.6) is 0 Å². The van der Waals surface area contributed by atoms with E-state index in [-0.39, 0.29) is 24.3 Å². The lowest BCUT2D eigenvalue weighted by molar-refractivity contribution is -0.137. The topological polar surface area (TPSA) is 78.4 Å². The number of nitrogens with one attached hydrogen (secondary N) is 2. The van der Waals surface area contributed by atoms with E-state index < -0.39 is 5.97 Å². The molecule has 0 bridgehead atoms. The molecule has 3 N–H and O–H groups in total. The largest absolute Gasteiger partial charge is 0.481 e. The molecule has 1 aromatic carbocycles. The zero-order valence-corrected chi connectivity index (χ0v) is 10.6. The number of rotatable bonds is 6. The molecule has 0 aliphatic carbocycles. The third-order valence-electron chi connectivity index (χ3n) is 2.57. The third kappa shape index (κ3) is 5.85. The van der Waals surface area contributed by atoms with Gasteiger partial charge in [0.1, 0.15) is 5.82 Å². The van der Waals surface area contributed by atoms with Gasteiger partial charge in [0.2, 0.25) is 0 Å². The number of carbonyl (C=O) groups excluding carboxylic acids is 1. The molecule has 1 unspecified atom stereocenters. The van der Waals surface area contributed by atoms with Crippen molar-refractivity contribution in [2.24, 2.45) is 0 Å². The zero-order chi connectivity index (χ0) is 14.3. The number of urea groups is 1. The summed E-state index contributed by atoms with van der Waals surface area (Å²) in [4.78, 5) is 21.8. The summed E-state index contributed by atoms with van der Waals surface area (Å²) in [5.41, 5.74) is 0.794. The van der Waals surface area contributed by atoms with Gasteiger partial charge in [-0.15, -0.1) is 0 Å². The molecule has 2 amide bonds. The highest BCUT2D eigenvalue weighted by atomic mass is 19.1. The van der Waals surface area contributed by atoms with Crippen LogP contribution >= 0.6 is 0 Å². The smallest absolute Gasteiger partial charge is 0.315 e. The molecule has 0 aliphatic heterocycles. The van der Waals surface area contributed by atoms with E-state index in [9.17, 15) is 14.0 Å². The first-order valence-electron chi connectivity index (χ1n) is 6.00. The summed E-state index contributed by atoms with van der Waals surface area (Å²) in [6.07, 6.45) is 0.404. The van der Waals surface area contributed by atoms with Crippen molar-refractivity contribution in [3.05, 3.63) is 35.6 Å². The van der Waals surface area contributed by atoms with Crippen molar-refractivity contribution < 1.29 is 19.1 Å². The second-order valence-corrected chi connectivity index (χ2v) is 4.17. The molecule has 0 aromatic heterocycles. The molecule has 0 fully saturated rings. The van der Waals surface area contributed by atoms with Crippen LogP contribution in [-0.2, 0) is 4.79 Å². The maximum absolute atomic E-state index is 12.7. The number of halogens is 1. The van der Waals surface area contributed by atoms with Gasteiger partial charge in [-0.2, -0.15) is 0 Å². The van der Waals surface area contributed by atoms with Crippen molar-refractivity contribution in [1.29, 1.82) is 0 Å². The predicted octanol–water partition coefficient (Wildman–Crippen LogP) is 2.05. The summed E-state index contributed by atoms with van der Waals surface area (Å²) in [5.74, 6) is -1.21. The first-order chi connectivity index (χ1) is 8.99. The molecule has 6 heteroatoms. The van der Waals surface area contributed by atoms with Crippen LogP contribution in [0.4, 0.5) is 9.18 Å². The molecule has 104 valence electrons. The van der Waals surface area contributed by atoms with Crippen molar-refractivity contribution >= 4 is 12.0 Å². The Morgan fingerprint density at radius 1 is 1.32 bits per heavy atom. The molecule has 0 saturated heterocycles. The zero-order valence-electron chi connectivity index (χ0n) is 10.6. The molecule has 0 saturated carbocycles. The van der Waals surface area contributed by atoms with Crippen molar-refractivity contribution in [2.45, 2.75) is 25.8 Å². The molecule has 1 atom stereocenters. The molecule has 0 heterocycles. The van der Waals surface area contributed by atoms with E-state index >= 15 is 0 Å². The summed E-state index contributed by atoms with van der Waals surface area (Å²) < 4.78 is 12.7. The van der Waals surface area contributed by atoms with Crippen LogP contribution in [0.15, 0.2) is 24.3 Å². The fourth-order valence-electron chi connectivity index (χ4n) is 1.52. The normalized spacial score (nSPS) is 11.7. The van der Waals surface area contributed by atoms with Crippen molar-refractivity contribution in [1.82, 2.24) is 10.6 Å². The maximum Gasteiger partial charge on any atom is 0.315 e. The molecular weight excluding hydrogens is 251 g/mol. The second kappa shape index (κ2) is 7.35. The van der Waals surface area contributed by atoms with Gasteiger partial charge in [0, 0.05) is 13.0 Å². The molecule has 0 radical (unpaired) electrons. The Kier molecular flexibility index (Phi) is 5.78. The van der Waals surface area contributed by atoms with E-state index in [1.807, 2.05) is 0 Å². The molecular formula is C13H17FN2O3. The Morgan fingerprint density at radius 2 is 1.95 bits per heavy atom. The standard InChI is InChI=1S/C13H17FN2O3/c1-9(10-4-6-11(14)7-5-10)16-13(19)15-8-2-3-12(17)18/h4-7,9H,2-3,8H2,1H3,(H,17,18)(H2,15,16,19). The van der Waals surface area contributed by atoms with E-state index in [1.54, 1.807) is 19.1 Å². The van der Waals surface area contributed by atoms with E-state index in [0.29, 0.717) is 13.0 Å². The second-order valence-electron chi connectivity index (χ2n) is 4.17. The summed E-state index contributed by atoms with van der Waals surface area (Å²) in [5, 5.41) is 13.7. The lowest BCUT2D eigenvalue weighted by Crippen LogP contribution is -2.37. The van der Waals surface area contributed by atoms with Gasteiger partial charge in [0.25, 0.3) is 0 Å². The molecule has 0 spiro atoms. The highest BCUT2D eigenvalue weighted by molar-refractivity contribution is 5.74. The maximum atomic E-state index is 12.7. The number of carboxylic acids is 1. The number of hydrogen-bond acceptors (Lipinski definition) is 2. The average molecular weight is 268 g/mol. The minimum Gasteiger partial charge on any atom is -0.481 e. The van der Waals surface area contributed by atoms with E-state index in [2.05, 4.69) is 10.6 Å². The van der Waals surface area contributed by atoms with Gasteiger partial charge in [0.15, 0.2) is 0 Å². The number of hydrogen-bond donors (Lipinski definition) is 3. The molecule has 19 heavy (non-hydrogen) atoms. The minimum atomic E-state index is -0.887. The Hall–Kier alpha value is -2.11. The van der Waals surface area contributed by atoms with Crippen LogP contribution in [0.1, 0.15) is 31.4 Å². The number of carboxylic acid groups (broad SMARTS) is 1. The fraction of sp³-hybridized carbons (Fsp3) is 0.385. The summed E-state index contributed by atoms with van der Waals surface area (Å²) in [7, 11) is 0. The van der Waals surface area contributed by atoms with Crippen LogP contribution in [0.25, 0.3) is 0 Å². The van der Waals surface area contributed by atoms with Gasteiger partial charge in [-0.3, -0.25) is 4.79 Å². The lowest BCUT2D eigenvalue weighted by atomic mass is 10.1. The third-order valence-corrected chi connectivity index (χ3v) is 2.57. The minimum absolute atomic E-state index is 0.0216. The summed E-state index contributed by atoms with van der Waals surface area (Å²) >= 11 is 0. The van der Waals surface area contributed by atoms with Gasteiger partial charge in [0.05, 0.1) is 6.04 Å². The molecule has 1 aromatic rings. The summed E-state index contributed by atoms with van der Waals surface area (Å²) in [6.45, 7) is 2.08. The van der Waals surface area contributed by atoms with Gasteiger partial charge in [-0.1, -0.05) is 12.1 Å². The van der Waals surface area contributed by atoms with Crippen molar-refractivity contribution in [2.75, 3.05) is 6.54 Å². The number of amides is 2. The van der Waals surface area contributed by atoms with Crippen LogP contribution in [0.2, 0.25) is 0 Å².